The lowest BCUT2D eigenvalue weighted by Crippen LogP contribution is -2.02. The average molecular weight is 243 g/mol. The van der Waals surface area contributed by atoms with Crippen LogP contribution in [0.4, 0.5) is 0 Å². The minimum absolute atomic E-state index is 0.573. The number of fused-ring (bicyclic) bond motifs is 1. The number of aryl methyl sites for hydroxylation is 1. The highest BCUT2D eigenvalue weighted by atomic mass is 35.5. The molecule has 1 aromatic carbocycles. The van der Waals surface area contributed by atoms with Crippen LogP contribution in [-0.4, -0.2) is 11.1 Å². The fourth-order valence-electron chi connectivity index (χ4n) is 1.87. The Labute approximate surface area is 98.6 Å². The highest BCUT2D eigenvalue weighted by Crippen LogP contribution is 2.34. The zero-order valence-electron chi connectivity index (χ0n) is 8.43. The third-order valence-electron chi connectivity index (χ3n) is 2.59. The summed E-state index contributed by atoms with van der Waals surface area (Å²) in [6, 6.07) is 5.81. The fraction of sp³-hybridized carbons (Fsp3) is 0.273. The second-order valence-electron chi connectivity index (χ2n) is 3.50. The molecule has 2 N–H and O–H groups in total. The largest absolute Gasteiger partial charge is 0.334 e. The topological polar surface area (TPSA) is 30.9 Å². The Hall–Kier alpha value is -0.700. The number of hydrogen-bond donors (Lipinski definition) is 1. The van der Waals surface area contributed by atoms with Crippen LogP contribution in [0.25, 0.3) is 10.9 Å². The smallest absolute Gasteiger partial charge is 0.113 e. The zero-order chi connectivity index (χ0) is 11.0. The van der Waals surface area contributed by atoms with Gasteiger partial charge in [0.15, 0.2) is 0 Å². The van der Waals surface area contributed by atoms with Gasteiger partial charge in [-0.1, -0.05) is 29.3 Å². The number of rotatable bonds is 2. The summed E-state index contributed by atoms with van der Waals surface area (Å²) in [5.74, 6) is 0. The highest BCUT2D eigenvalue weighted by Gasteiger charge is 2.14. The van der Waals surface area contributed by atoms with E-state index in [1.165, 1.54) is 0 Å². The Balaban J connectivity index is 2.82. The summed E-state index contributed by atoms with van der Waals surface area (Å²) in [7, 11) is 1.93. The predicted molar refractivity (Wildman–Crippen MR) is 65.7 cm³/mol. The van der Waals surface area contributed by atoms with E-state index in [2.05, 4.69) is 0 Å². The molecule has 0 amide bonds. The number of halogens is 2. The van der Waals surface area contributed by atoms with Crippen LogP contribution in [0.5, 0.6) is 0 Å². The highest BCUT2D eigenvalue weighted by molar-refractivity contribution is 6.38. The van der Waals surface area contributed by atoms with Gasteiger partial charge in [-0.25, -0.2) is 0 Å². The van der Waals surface area contributed by atoms with Crippen LogP contribution in [0.3, 0.4) is 0 Å². The second kappa shape index (κ2) is 4.05. The van der Waals surface area contributed by atoms with Gasteiger partial charge in [-0.15, -0.1) is 0 Å². The number of benzene rings is 1. The summed E-state index contributed by atoms with van der Waals surface area (Å²) in [4.78, 5) is 0. The van der Waals surface area contributed by atoms with Crippen molar-refractivity contribution in [3.05, 3.63) is 33.9 Å². The molecule has 0 aliphatic heterocycles. The molecule has 0 unspecified atom stereocenters. The van der Waals surface area contributed by atoms with Crippen molar-refractivity contribution in [2.45, 2.75) is 6.42 Å². The molecule has 2 aromatic rings. The summed E-state index contributed by atoms with van der Waals surface area (Å²) < 4.78 is 1.94. The minimum atomic E-state index is 0.573. The van der Waals surface area contributed by atoms with Gasteiger partial charge >= 0.3 is 0 Å². The van der Waals surface area contributed by atoms with Gasteiger partial charge in [-0.3, -0.25) is 0 Å². The predicted octanol–water partition coefficient (Wildman–Crippen LogP) is 2.99. The molecular formula is C11H12Cl2N2. The van der Waals surface area contributed by atoms with Crippen molar-refractivity contribution >= 4 is 34.1 Å². The van der Waals surface area contributed by atoms with Gasteiger partial charge in [0.05, 0.1) is 10.5 Å². The van der Waals surface area contributed by atoms with Gasteiger partial charge in [0.2, 0.25) is 0 Å². The molecule has 0 saturated heterocycles. The van der Waals surface area contributed by atoms with E-state index < -0.39 is 0 Å². The van der Waals surface area contributed by atoms with E-state index in [-0.39, 0.29) is 0 Å². The van der Waals surface area contributed by atoms with Crippen molar-refractivity contribution in [2.24, 2.45) is 12.8 Å². The Bertz CT molecular complexity index is 503. The SMILES string of the molecule is Cn1c(Cl)c(CCN)c2c(Cl)cccc21. The maximum atomic E-state index is 6.24. The number of hydrogen-bond acceptors (Lipinski definition) is 1. The van der Waals surface area contributed by atoms with E-state index in [1.807, 2.05) is 29.8 Å². The second-order valence-corrected chi connectivity index (χ2v) is 4.27. The van der Waals surface area contributed by atoms with Crippen molar-refractivity contribution in [3.8, 4) is 0 Å². The molecule has 0 spiro atoms. The molecule has 0 aliphatic rings. The first-order valence-corrected chi connectivity index (χ1v) is 5.53. The van der Waals surface area contributed by atoms with Gasteiger partial charge in [-0.2, -0.15) is 0 Å². The molecule has 0 fully saturated rings. The maximum Gasteiger partial charge on any atom is 0.113 e. The molecule has 0 radical (unpaired) electrons. The van der Waals surface area contributed by atoms with Gasteiger partial charge in [-0.05, 0) is 30.7 Å². The summed E-state index contributed by atoms with van der Waals surface area (Å²) in [5.41, 5.74) is 7.66. The van der Waals surface area contributed by atoms with Gasteiger partial charge in [0, 0.05) is 12.4 Å². The van der Waals surface area contributed by atoms with Crippen molar-refractivity contribution in [3.63, 3.8) is 0 Å². The van der Waals surface area contributed by atoms with Crippen LogP contribution in [-0.2, 0) is 13.5 Å². The minimum Gasteiger partial charge on any atom is -0.334 e. The molecule has 2 nitrogen and oxygen atoms in total. The van der Waals surface area contributed by atoms with Gasteiger partial charge < -0.3 is 10.3 Å². The molecule has 4 heteroatoms. The van der Waals surface area contributed by atoms with Crippen molar-refractivity contribution in [1.82, 2.24) is 4.57 Å². The number of aromatic nitrogens is 1. The van der Waals surface area contributed by atoms with Gasteiger partial charge in [0.25, 0.3) is 0 Å². The lowest BCUT2D eigenvalue weighted by atomic mass is 10.1. The molecule has 0 saturated carbocycles. The zero-order valence-corrected chi connectivity index (χ0v) is 9.94. The quantitative estimate of drug-likeness (QED) is 0.863. The Morgan fingerprint density at radius 3 is 2.73 bits per heavy atom. The molecule has 1 heterocycles. The molecule has 80 valence electrons. The Morgan fingerprint density at radius 1 is 1.33 bits per heavy atom. The Morgan fingerprint density at radius 2 is 2.07 bits per heavy atom. The van der Waals surface area contributed by atoms with Crippen LogP contribution in [0.15, 0.2) is 18.2 Å². The van der Waals surface area contributed by atoms with Crippen LogP contribution >= 0.6 is 23.2 Å². The first kappa shape index (κ1) is 10.8. The maximum absolute atomic E-state index is 6.24. The lowest BCUT2D eigenvalue weighted by molar-refractivity contribution is 0.930. The van der Waals surface area contributed by atoms with E-state index >= 15 is 0 Å². The summed E-state index contributed by atoms with van der Waals surface area (Å²) >= 11 is 12.4. The van der Waals surface area contributed by atoms with E-state index in [0.717, 1.165) is 33.1 Å². The molecule has 15 heavy (non-hydrogen) atoms. The summed E-state index contributed by atoms with van der Waals surface area (Å²) in [6.45, 7) is 0.573. The van der Waals surface area contributed by atoms with Gasteiger partial charge in [0.1, 0.15) is 5.15 Å². The molecule has 0 atom stereocenters. The first-order chi connectivity index (χ1) is 7.16. The number of nitrogens with zero attached hydrogens (tertiary/aromatic N) is 1. The number of nitrogens with two attached hydrogens (primary N) is 1. The monoisotopic (exact) mass is 242 g/mol. The molecule has 0 aliphatic carbocycles. The summed E-state index contributed by atoms with van der Waals surface area (Å²) in [6.07, 6.45) is 0.750. The first-order valence-electron chi connectivity index (χ1n) is 4.78. The molecule has 0 bridgehead atoms. The van der Waals surface area contributed by atoms with Crippen LogP contribution < -0.4 is 5.73 Å². The third-order valence-corrected chi connectivity index (χ3v) is 3.39. The van der Waals surface area contributed by atoms with Crippen LogP contribution in [0, 0.1) is 0 Å². The molecule has 1 aromatic heterocycles. The third kappa shape index (κ3) is 1.63. The van der Waals surface area contributed by atoms with Crippen LogP contribution in [0.2, 0.25) is 10.2 Å². The van der Waals surface area contributed by atoms with Crippen molar-refractivity contribution < 1.29 is 0 Å². The normalized spacial score (nSPS) is 11.2. The average Bonchev–Trinajstić information content (AvgIpc) is 2.46. The van der Waals surface area contributed by atoms with Crippen LogP contribution in [0.1, 0.15) is 5.56 Å². The van der Waals surface area contributed by atoms with E-state index in [1.54, 1.807) is 0 Å². The van der Waals surface area contributed by atoms with E-state index in [0.29, 0.717) is 6.54 Å². The Kier molecular flexibility index (Phi) is 2.91. The molecular weight excluding hydrogens is 231 g/mol. The van der Waals surface area contributed by atoms with E-state index in [4.69, 9.17) is 28.9 Å². The summed E-state index contributed by atoms with van der Waals surface area (Å²) in [5, 5.41) is 2.49. The van der Waals surface area contributed by atoms with Crippen molar-refractivity contribution in [2.75, 3.05) is 6.54 Å². The van der Waals surface area contributed by atoms with E-state index in [9.17, 15) is 0 Å². The fourth-order valence-corrected chi connectivity index (χ4v) is 2.44. The lowest BCUT2D eigenvalue weighted by Gasteiger charge is -1.98. The molecule has 2 rings (SSSR count). The standard InChI is InChI=1S/C11H12Cl2N2/c1-15-9-4-2-3-8(12)10(9)7(5-6-14)11(15)13/h2-4H,5-6,14H2,1H3. The van der Waals surface area contributed by atoms with Crippen molar-refractivity contribution in [1.29, 1.82) is 0 Å².